The van der Waals surface area contributed by atoms with Crippen LogP contribution in [0.5, 0.6) is 0 Å². The first-order valence-electron chi connectivity index (χ1n) is 9.44. The fraction of sp³-hybridized carbons (Fsp3) is 0.0833. The number of benzene rings is 3. The number of halogens is 1. The molecule has 0 aliphatic heterocycles. The quantitative estimate of drug-likeness (QED) is 0.234. The zero-order chi connectivity index (χ0) is 20.1. The summed E-state index contributed by atoms with van der Waals surface area (Å²) >= 11 is 5.14. The van der Waals surface area contributed by atoms with E-state index in [-0.39, 0.29) is 0 Å². The molecule has 0 bridgehead atoms. The van der Waals surface area contributed by atoms with Crippen LogP contribution in [-0.2, 0) is 0 Å². The molecule has 1 heterocycles. The highest BCUT2D eigenvalue weighted by atomic mass is 79.9. The molecule has 5 heteroatoms. The molecule has 0 amide bonds. The van der Waals surface area contributed by atoms with Crippen LogP contribution in [0.4, 0.5) is 0 Å². The maximum atomic E-state index is 4.66. The van der Waals surface area contributed by atoms with Crippen molar-refractivity contribution in [1.29, 1.82) is 0 Å². The Balaban J connectivity index is 1.86. The van der Waals surface area contributed by atoms with Crippen LogP contribution in [-0.4, -0.2) is 10.3 Å². The molecule has 4 aromatic rings. The lowest BCUT2D eigenvalue weighted by atomic mass is 10.1. The van der Waals surface area contributed by atoms with E-state index in [0.29, 0.717) is 0 Å². The van der Waals surface area contributed by atoms with Crippen LogP contribution in [0.15, 0.2) is 105 Å². The molecule has 0 spiro atoms. The van der Waals surface area contributed by atoms with Gasteiger partial charge in [-0.2, -0.15) is 5.10 Å². The van der Waals surface area contributed by atoms with Crippen molar-refractivity contribution in [2.75, 3.05) is 0 Å². The van der Waals surface area contributed by atoms with Crippen molar-refractivity contribution >= 4 is 33.0 Å². The summed E-state index contributed by atoms with van der Waals surface area (Å²) in [6, 6.07) is 28.9. The Morgan fingerprint density at radius 3 is 2.34 bits per heavy atom. The van der Waals surface area contributed by atoms with E-state index < -0.39 is 0 Å². The zero-order valence-electron chi connectivity index (χ0n) is 16.0. The molecule has 0 saturated heterocycles. The predicted octanol–water partition coefficient (Wildman–Crippen LogP) is 6.68. The minimum absolute atomic E-state index is 0.808. The molecular formula is C24H20BrN3S. The summed E-state index contributed by atoms with van der Waals surface area (Å²) in [6.07, 6.45) is 0.808. The molecule has 0 atom stereocenters. The number of para-hydroxylation sites is 1. The van der Waals surface area contributed by atoms with Gasteiger partial charge >= 0.3 is 0 Å². The lowest BCUT2D eigenvalue weighted by Crippen LogP contribution is -2.14. The van der Waals surface area contributed by atoms with Gasteiger partial charge < -0.3 is 0 Å². The summed E-state index contributed by atoms with van der Waals surface area (Å²) < 4.78 is 3.20. The molecule has 144 valence electrons. The van der Waals surface area contributed by atoms with E-state index in [9.17, 15) is 0 Å². The summed E-state index contributed by atoms with van der Waals surface area (Å²) in [5.41, 5.74) is 5.37. The Hall–Kier alpha value is -2.76. The summed E-state index contributed by atoms with van der Waals surface area (Å²) in [4.78, 5) is 0.844. The standard InChI is InChI=1S/C24H20BrN3S/c1-2-22(19-12-9-13-20(25)16-19)26-27-24-28(21-14-7-4-8-15-21)23(17-29-24)18-10-5-3-6-11-18/h3-17H,2H2,1H3/b26-22+,27-24-. The highest BCUT2D eigenvalue weighted by Gasteiger charge is 2.10. The van der Waals surface area contributed by atoms with Crippen LogP contribution in [0.3, 0.4) is 0 Å². The van der Waals surface area contributed by atoms with E-state index in [1.165, 1.54) is 0 Å². The Bertz CT molecular complexity index is 1190. The van der Waals surface area contributed by atoms with E-state index in [1.807, 2.05) is 36.4 Å². The molecule has 29 heavy (non-hydrogen) atoms. The average molecular weight is 462 g/mol. The van der Waals surface area contributed by atoms with Gasteiger partial charge in [0.05, 0.1) is 11.4 Å². The molecule has 0 N–H and O–H groups in total. The number of hydrogen-bond acceptors (Lipinski definition) is 3. The average Bonchev–Trinajstić information content (AvgIpc) is 3.19. The molecule has 3 nitrogen and oxygen atoms in total. The van der Waals surface area contributed by atoms with Crippen LogP contribution < -0.4 is 4.80 Å². The van der Waals surface area contributed by atoms with Crippen molar-refractivity contribution in [3.05, 3.63) is 105 Å². The maximum Gasteiger partial charge on any atom is 0.215 e. The second-order valence-corrected chi connectivity index (χ2v) is 8.20. The molecular weight excluding hydrogens is 442 g/mol. The predicted molar refractivity (Wildman–Crippen MR) is 126 cm³/mol. The zero-order valence-corrected chi connectivity index (χ0v) is 18.4. The van der Waals surface area contributed by atoms with Crippen LogP contribution in [0.1, 0.15) is 18.9 Å². The van der Waals surface area contributed by atoms with Gasteiger partial charge in [0, 0.05) is 15.5 Å². The molecule has 0 aliphatic carbocycles. The van der Waals surface area contributed by atoms with Crippen molar-refractivity contribution < 1.29 is 0 Å². The van der Waals surface area contributed by atoms with Gasteiger partial charge in [-0.3, -0.25) is 4.57 Å². The highest BCUT2D eigenvalue weighted by molar-refractivity contribution is 9.10. The lowest BCUT2D eigenvalue weighted by molar-refractivity contribution is 0.966. The monoisotopic (exact) mass is 461 g/mol. The summed E-state index contributed by atoms with van der Waals surface area (Å²) in [6.45, 7) is 2.10. The topological polar surface area (TPSA) is 29.6 Å². The van der Waals surface area contributed by atoms with Gasteiger partial charge in [-0.05, 0) is 41.8 Å². The van der Waals surface area contributed by atoms with Gasteiger partial charge in [-0.15, -0.1) is 16.4 Å². The van der Waals surface area contributed by atoms with E-state index in [0.717, 1.165) is 43.9 Å². The van der Waals surface area contributed by atoms with E-state index in [4.69, 9.17) is 0 Å². The fourth-order valence-corrected chi connectivity index (χ4v) is 4.38. The maximum absolute atomic E-state index is 4.66. The van der Waals surface area contributed by atoms with Crippen LogP contribution >= 0.6 is 27.3 Å². The molecule has 3 aromatic carbocycles. The van der Waals surface area contributed by atoms with Gasteiger partial charge in [0.15, 0.2) is 0 Å². The fourth-order valence-electron chi connectivity index (χ4n) is 3.12. The number of rotatable bonds is 5. The Morgan fingerprint density at radius 1 is 0.931 bits per heavy atom. The molecule has 0 unspecified atom stereocenters. The third kappa shape index (κ3) is 4.47. The first-order chi connectivity index (χ1) is 14.3. The molecule has 0 radical (unpaired) electrons. The smallest absolute Gasteiger partial charge is 0.215 e. The third-order valence-electron chi connectivity index (χ3n) is 4.54. The molecule has 4 rings (SSSR count). The molecule has 0 saturated carbocycles. The SMILES string of the molecule is CC/C(=N\N=c1/scc(-c2ccccc2)n1-c1ccccc1)c1cccc(Br)c1. The molecule has 0 aliphatic rings. The normalized spacial score (nSPS) is 12.3. The van der Waals surface area contributed by atoms with Gasteiger partial charge in [-0.1, -0.05) is 83.5 Å². The van der Waals surface area contributed by atoms with Gasteiger partial charge in [0.2, 0.25) is 4.80 Å². The summed E-state index contributed by atoms with van der Waals surface area (Å²) in [5.74, 6) is 0. The minimum Gasteiger partial charge on any atom is -0.284 e. The second kappa shape index (κ2) is 9.16. The first-order valence-corrected chi connectivity index (χ1v) is 11.1. The van der Waals surface area contributed by atoms with E-state index in [1.54, 1.807) is 11.3 Å². The highest BCUT2D eigenvalue weighted by Crippen LogP contribution is 2.23. The van der Waals surface area contributed by atoms with Gasteiger partial charge in [0.25, 0.3) is 0 Å². The minimum atomic E-state index is 0.808. The van der Waals surface area contributed by atoms with Crippen molar-refractivity contribution in [2.45, 2.75) is 13.3 Å². The molecule has 0 fully saturated rings. The number of thiazole rings is 1. The van der Waals surface area contributed by atoms with Crippen molar-refractivity contribution in [3.63, 3.8) is 0 Å². The number of aromatic nitrogens is 1. The van der Waals surface area contributed by atoms with Crippen molar-refractivity contribution in [3.8, 4) is 16.9 Å². The largest absolute Gasteiger partial charge is 0.284 e. The third-order valence-corrected chi connectivity index (χ3v) is 5.85. The van der Waals surface area contributed by atoms with E-state index in [2.05, 4.69) is 91.5 Å². The van der Waals surface area contributed by atoms with E-state index >= 15 is 0 Å². The second-order valence-electron chi connectivity index (χ2n) is 6.45. The summed E-state index contributed by atoms with van der Waals surface area (Å²) in [5, 5.41) is 11.4. The number of nitrogens with zero attached hydrogens (tertiary/aromatic N) is 3. The Labute approximate surface area is 182 Å². The van der Waals surface area contributed by atoms with Crippen LogP contribution in [0.25, 0.3) is 16.9 Å². The van der Waals surface area contributed by atoms with Crippen molar-refractivity contribution in [2.24, 2.45) is 10.2 Å². The molecule has 1 aromatic heterocycles. The van der Waals surface area contributed by atoms with Gasteiger partial charge in [0.1, 0.15) is 0 Å². The first kappa shape index (κ1) is 19.6. The Kier molecular flexibility index (Phi) is 6.17. The van der Waals surface area contributed by atoms with Gasteiger partial charge in [-0.25, -0.2) is 0 Å². The lowest BCUT2D eigenvalue weighted by Gasteiger charge is -2.09. The van der Waals surface area contributed by atoms with Crippen LogP contribution in [0, 0.1) is 0 Å². The Morgan fingerprint density at radius 2 is 1.66 bits per heavy atom. The summed E-state index contributed by atoms with van der Waals surface area (Å²) in [7, 11) is 0. The number of hydrogen-bond donors (Lipinski definition) is 0. The van der Waals surface area contributed by atoms with Crippen molar-refractivity contribution in [1.82, 2.24) is 4.57 Å². The van der Waals surface area contributed by atoms with Crippen LogP contribution in [0.2, 0.25) is 0 Å².